The van der Waals surface area contributed by atoms with E-state index in [0.29, 0.717) is 5.69 Å². The standard InChI is InChI=1S/C19H22N6O/c26-19(18-14-17(22-23-18)15-5-9-20-10-6-15)25-12-2-1-4-16(25)7-13-24-11-3-8-21-24/h3,5-6,8-11,14,16H,1-2,4,7,12-13H2,(H,22,23). The summed E-state index contributed by atoms with van der Waals surface area (Å²) >= 11 is 0. The van der Waals surface area contributed by atoms with Crippen molar-refractivity contribution >= 4 is 5.91 Å². The number of nitrogens with zero attached hydrogens (tertiary/aromatic N) is 5. The molecule has 134 valence electrons. The fraction of sp³-hybridized carbons (Fsp3) is 0.368. The molecule has 4 heterocycles. The number of aryl methyl sites for hydroxylation is 1. The summed E-state index contributed by atoms with van der Waals surface area (Å²) in [5, 5.41) is 11.5. The molecule has 3 aromatic heterocycles. The third-order valence-corrected chi connectivity index (χ3v) is 4.92. The van der Waals surface area contributed by atoms with Gasteiger partial charge in [0.15, 0.2) is 0 Å². The largest absolute Gasteiger partial charge is 0.334 e. The summed E-state index contributed by atoms with van der Waals surface area (Å²) in [5.74, 6) is 0.0305. The lowest BCUT2D eigenvalue weighted by Crippen LogP contribution is -2.44. The molecule has 7 heteroatoms. The van der Waals surface area contributed by atoms with Gasteiger partial charge in [0.05, 0.1) is 5.69 Å². The lowest BCUT2D eigenvalue weighted by atomic mass is 9.98. The van der Waals surface area contributed by atoms with E-state index in [-0.39, 0.29) is 11.9 Å². The molecular weight excluding hydrogens is 328 g/mol. The number of aromatic amines is 1. The van der Waals surface area contributed by atoms with Crippen molar-refractivity contribution in [3.8, 4) is 11.3 Å². The first-order valence-electron chi connectivity index (χ1n) is 9.05. The van der Waals surface area contributed by atoms with Gasteiger partial charge in [-0.15, -0.1) is 0 Å². The SMILES string of the molecule is O=C(c1cc(-c2ccncc2)n[nH]1)N1CCCCC1CCn1cccn1. The van der Waals surface area contributed by atoms with Gasteiger partial charge in [-0.1, -0.05) is 0 Å². The molecule has 0 bridgehead atoms. The molecule has 3 aromatic rings. The van der Waals surface area contributed by atoms with Crippen molar-refractivity contribution in [1.82, 2.24) is 29.9 Å². The van der Waals surface area contributed by atoms with Crippen LogP contribution in [-0.2, 0) is 6.54 Å². The molecule has 1 aliphatic rings. The second-order valence-electron chi connectivity index (χ2n) is 6.61. The maximum Gasteiger partial charge on any atom is 0.272 e. The van der Waals surface area contributed by atoms with Gasteiger partial charge in [-0.25, -0.2) is 0 Å². The van der Waals surface area contributed by atoms with Gasteiger partial charge in [0.2, 0.25) is 0 Å². The average Bonchev–Trinajstić information content (AvgIpc) is 3.39. The van der Waals surface area contributed by atoms with Crippen LogP contribution in [0.2, 0.25) is 0 Å². The summed E-state index contributed by atoms with van der Waals surface area (Å²) in [4.78, 5) is 19.1. The zero-order valence-electron chi connectivity index (χ0n) is 14.6. The van der Waals surface area contributed by atoms with E-state index in [1.165, 1.54) is 6.42 Å². The number of rotatable bonds is 5. The van der Waals surface area contributed by atoms with Crippen LogP contribution in [0.25, 0.3) is 11.3 Å². The first-order valence-corrected chi connectivity index (χ1v) is 9.05. The third kappa shape index (κ3) is 3.51. The zero-order chi connectivity index (χ0) is 17.8. The monoisotopic (exact) mass is 350 g/mol. The Bertz CT molecular complexity index is 842. The van der Waals surface area contributed by atoms with E-state index in [1.54, 1.807) is 18.6 Å². The topological polar surface area (TPSA) is 79.7 Å². The smallest absolute Gasteiger partial charge is 0.272 e. The van der Waals surface area contributed by atoms with Crippen molar-refractivity contribution in [3.63, 3.8) is 0 Å². The minimum atomic E-state index is 0.0305. The Kier molecular flexibility index (Phi) is 4.77. The Labute approximate surface area is 152 Å². The lowest BCUT2D eigenvalue weighted by Gasteiger charge is -2.35. The molecule has 0 saturated carbocycles. The van der Waals surface area contributed by atoms with Crippen molar-refractivity contribution < 1.29 is 4.79 Å². The molecule has 0 spiro atoms. The van der Waals surface area contributed by atoms with Crippen LogP contribution in [0, 0.1) is 0 Å². The quantitative estimate of drug-likeness (QED) is 0.767. The van der Waals surface area contributed by atoms with Gasteiger partial charge in [-0.05, 0) is 49.9 Å². The average molecular weight is 350 g/mol. The molecule has 0 radical (unpaired) electrons. The zero-order valence-corrected chi connectivity index (χ0v) is 14.6. The maximum atomic E-state index is 13.0. The van der Waals surface area contributed by atoms with Gasteiger partial charge in [-0.2, -0.15) is 10.2 Å². The molecule has 4 rings (SSSR count). The van der Waals surface area contributed by atoms with Crippen molar-refractivity contribution in [2.45, 2.75) is 38.3 Å². The molecule has 1 unspecified atom stereocenters. The minimum absolute atomic E-state index is 0.0305. The molecule has 0 aromatic carbocycles. The number of amides is 1. The highest BCUT2D eigenvalue weighted by Gasteiger charge is 2.28. The van der Waals surface area contributed by atoms with Gasteiger partial charge in [0.1, 0.15) is 5.69 Å². The molecule has 1 fully saturated rings. The highest BCUT2D eigenvalue weighted by Crippen LogP contribution is 2.23. The predicted molar refractivity (Wildman–Crippen MR) is 97.3 cm³/mol. The van der Waals surface area contributed by atoms with Crippen LogP contribution in [0.3, 0.4) is 0 Å². The van der Waals surface area contributed by atoms with E-state index in [9.17, 15) is 4.79 Å². The number of likely N-dealkylation sites (tertiary alicyclic amines) is 1. The molecule has 7 nitrogen and oxygen atoms in total. The second-order valence-corrected chi connectivity index (χ2v) is 6.61. The van der Waals surface area contributed by atoms with E-state index in [2.05, 4.69) is 20.3 Å². The van der Waals surface area contributed by atoms with E-state index in [0.717, 1.165) is 43.6 Å². The van der Waals surface area contributed by atoms with Crippen LogP contribution in [-0.4, -0.2) is 48.4 Å². The van der Waals surface area contributed by atoms with Gasteiger partial charge >= 0.3 is 0 Å². The van der Waals surface area contributed by atoms with Gasteiger partial charge in [-0.3, -0.25) is 19.6 Å². The number of carbonyl (C=O) groups is 1. The summed E-state index contributed by atoms with van der Waals surface area (Å²) in [7, 11) is 0. The summed E-state index contributed by atoms with van der Waals surface area (Å²) in [6.45, 7) is 1.62. The van der Waals surface area contributed by atoms with Crippen LogP contribution in [0.1, 0.15) is 36.2 Å². The second kappa shape index (κ2) is 7.51. The summed E-state index contributed by atoms with van der Waals surface area (Å²) < 4.78 is 1.93. The van der Waals surface area contributed by atoms with Crippen molar-refractivity contribution in [2.75, 3.05) is 6.54 Å². The maximum absolute atomic E-state index is 13.0. The Morgan fingerprint density at radius 3 is 2.92 bits per heavy atom. The number of piperidine rings is 1. The first kappa shape index (κ1) is 16.5. The van der Waals surface area contributed by atoms with Crippen molar-refractivity contribution in [1.29, 1.82) is 0 Å². The first-order chi connectivity index (χ1) is 12.8. The molecule has 1 aliphatic heterocycles. The highest BCUT2D eigenvalue weighted by molar-refractivity contribution is 5.93. The number of aromatic nitrogens is 5. The Morgan fingerprint density at radius 2 is 2.12 bits per heavy atom. The van der Waals surface area contributed by atoms with Crippen LogP contribution in [0.5, 0.6) is 0 Å². The third-order valence-electron chi connectivity index (χ3n) is 4.92. The van der Waals surface area contributed by atoms with E-state index >= 15 is 0 Å². The molecule has 0 aliphatic carbocycles. The van der Waals surface area contributed by atoms with E-state index in [4.69, 9.17) is 0 Å². The van der Waals surface area contributed by atoms with E-state index < -0.39 is 0 Å². The lowest BCUT2D eigenvalue weighted by molar-refractivity contribution is 0.0588. The summed E-state index contributed by atoms with van der Waals surface area (Å²) in [6.07, 6.45) is 11.4. The Hall–Kier alpha value is -2.96. The summed E-state index contributed by atoms with van der Waals surface area (Å²) in [6, 6.07) is 7.77. The minimum Gasteiger partial charge on any atom is -0.334 e. The van der Waals surface area contributed by atoms with Crippen LogP contribution in [0.15, 0.2) is 49.1 Å². The van der Waals surface area contributed by atoms with Crippen LogP contribution in [0.4, 0.5) is 0 Å². The van der Waals surface area contributed by atoms with Crippen LogP contribution < -0.4 is 0 Å². The fourth-order valence-electron chi connectivity index (χ4n) is 3.54. The molecule has 1 saturated heterocycles. The normalized spacial score (nSPS) is 17.4. The molecule has 1 amide bonds. The molecule has 1 N–H and O–H groups in total. The Balaban J connectivity index is 1.47. The van der Waals surface area contributed by atoms with Crippen molar-refractivity contribution in [2.24, 2.45) is 0 Å². The van der Waals surface area contributed by atoms with Gasteiger partial charge in [0.25, 0.3) is 5.91 Å². The van der Waals surface area contributed by atoms with Crippen molar-refractivity contribution in [3.05, 3.63) is 54.7 Å². The van der Waals surface area contributed by atoms with E-state index in [1.807, 2.05) is 40.0 Å². The van der Waals surface area contributed by atoms with Gasteiger partial charge < -0.3 is 4.90 Å². The number of nitrogens with one attached hydrogen (secondary N) is 1. The number of hydrogen-bond donors (Lipinski definition) is 1. The van der Waals surface area contributed by atoms with Crippen LogP contribution >= 0.6 is 0 Å². The van der Waals surface area contributed by atoms with Gasteiger partial charge in [0, 0.05) is 49.5 Å². The summed E-state index contributed by atoms with van der Waals surface area (Å²) in [5.41, 5.74) is 2.26. The number of H-pyrrole nitrogens is 1. The Morgan fingerprint density at radius 1 is 1.23 bits per heavy atom. The number of carbonyl (C=O) groups excluding carboxylic acids is 1. The fourth-order valence-corrected chi connectivity index (χ4v) is 3.54. The molecule has 26 heavy (non-hydrogen) atoms. The number of hydrogen-bond acceptors (Lipinski definition) is 4. The number of pyridine rings is 1. The highest BCUT2D eigenvalue weighted by atomic mass is 16.2. The predicted octanol–water partition coefficient (Wildman–Crippen LogP) is 2.75. The molecular formula is C19H22N6O. The molecule has 1 atom stereocenters.